The fourth-order valence-corrected chi connectivity index (χ4v) is 5.79. The quantitative estimate of drug-likeness (QED) is 0.349. The Bertz CT molecular complexity index is 1600. The number of nitrogens with one attached hydrogen (secondary N) is 1. The van der Waals surface area contributed by atoms with Crippen LogP contribution in [0.2, 0.25) is 0 Å². The average molecular weight is 607 g/mol. The van der Waals surface area contributed by atoms with Gasteiger partial charge in [-0.1, -0.05) is 18.2 Å². The van der Waals surface area contributed by atoms with E-state index >= 15 is 0 Å². The largest absolute Gasteiger partial charge is 0.443 e. The van der Waals surface area contributed by atoms with E-state index in [-0.39, 0.29) is 27.0 Å². The molecule has 41 heavy (non-hydrogen) atoms. The van der Waals surface area contributed by atoms with Crippen LogP contribution in [0.15, 0.2) is 53.6 Å². The van der Waals surface area contributed by atoms with Crippen molar-refractivity contribution in [1.29, 1.82) is 0 Å². The van der Waals surface area contributed by atoms with Gasteiger partial charge in [0.2, 0.25) is 0 Å². The van der Waals surface area contributed by atoms with Crippen molar-refractivity contribution in [2.24, 2.45) is 0 Å². The highest BCUT2D eigenvalue weighted by Crippen LogP contribution is 2.50. The van der Waals surface area contributed by atoms with Crippen molar-refractivity contribution in [3.63, 3.8) is 0 Å². The predicted octanol–water partition coefficient (Wildman–Crippen LogP) is 5.93. The molecule has 1 amide bonds. The Morgan fingerprint density at radius 3 is 2.00 bits per heavy atom. The van der Waals surface area contributed by atoms with E-state index < -0.39 is 56.2 Å². The van der Waals surface area contributed by atoms with E-state index in [9.17, 15) is 49.5 Å². The van der Waals surface area contributed by atoms with Gasteiger partial charge in [0, 0.05) is 28.2 Å². The third kappa shape index (κ3) is 5.64. The Morgan fingerprint density at radius 1 is 0.951 bits per heavy atom. The number of rotatable bonds is 5. The molecule has 1 aromatic heterocycles. The Morgan fingerprint density at radius 2 is 1.51 bits per heavy atom. The molecule has 1 aliphatic rings. The van der Waals surface area contributed by atoms with Crippen LogP contribution in [0.25, 0.3) is 10.8 Å². The molecule has 222 valence electrons. The molecule has 2 aromatic carbocycles. The average Bonchev–Trinajstić information content (AvgIpc) is 3.62. The molecule has 1 fully saturated rings. The summed E-state index contributed by atoms with van der Waals surface area (Å²) in [6.07, 6.45) is -11.0. The molecule has 8 nitrogen and oxygen atoms in total. The second kappa shape index (κ2) is 9.76. The summed E-state index contributed by atoms with van der Waals surface area (Å²) in [5.41, 5.74) is -8.25. The van der Waals surface area contributed by atoms with Gasteiger partial charge in [0.1, 0.15) is 11.3 Å². The summed E-state index contributed by atoms with van der Waals surface area (Å²) >= 11 is 0. The molecular formula is C26H24F6N2O6S. The van der Waals surface area contributed by atoms with Gasteiger partial charge in [-0.15, -0.1) is 0 Å². The summed E-state index contributed by atoms with van der Waals surface area (Å²) in [5.74, 6) is -1.00. The number of carbonyl (C=O) groups excluding carboxylic acids is 2. The molecule has 0 bridgehead atoms. The van der Waals surface area contributed by atoms with Crippen LogP contribution in [0.5, 0.6) is 0 Å². The van der Waals surface area contributed by atoms with Gasteiger partial charge in [-0.2, -0.15) is 26.3 Å². The van der Waals surface area contributed by atoms with E-state index in [2.05, 4.69) is 5.32 Å². The maximum absolute atomic E-state index is 13.3. The van der Waals surface area contributed by atoms with Gasteiger partial charge in [0.05, 0.1) is 10.1 Å². The Labute approximate surface area is 229 Å². The number of ether oxygens (including phenoxy) is 1. The molecule has 4 rings (SSSR count). The van der Waals surface area contributed by atoms with Gasteiger partial charge in [-0.25, -0.2) is 17.8 Å². The fraction of sp³-hybridized carbons (Fsp3) is 0.385. The monoisotopic (exact) mass is 606 g/mol. The van der Waals surface area contributed by atoms with Gasteiger partial charge in [0.15, 0.2) is 9.84 Å². The van der Waals surface area contributed by atoms with Crippen LogP contribution in [0.3, 0.4) is 0 Å². The first kappa shape index (κ1) is 30.4. The molecule has 1 aliphatic carbocycles. The summed E-state index contributed by atoms with van der Waals surface area (Å²) in [4.78, 5) is 26.2. The van der Waals surface area contributed by atoms with Crippen LogP contribution in [0.1, 0.15) is 49.7 Å². The maximum Gasteiger partial charge on any atom is 0.430 e. The molecule has 2 N–H and O–H groups in total. The zero-order chi connectivity index (χ0) is 30.8. The molecule has 0 spiro atoms. The van der Waals surface area contributed by atoms with Crippen LogP contribution in [-0.2, 0) is 20.2 Å². The van der Waals surface area contributed by atoms with Crippen molar-refractivity contribution in [3.8, 4) is 0 Å². The number of sulfone groups is 1. The van der Waals surface area contributed by atoms with E-state index in [0.29, 0.717) is 25.0 Å². The number of alkyl halides is 6. The number of anilines is 1. The Balaban J connectivity index is 1.73. The summed E-state index contributed by atoms with van der Waals surface area (Å²) in [6, 6.07) is 6.04. The lowest BCUT2D eigenvalue weighted by Crippen LogP contribution is -2.53. The molecular weight excluding hydrogens is 582 g/mol. The predicted molar refractivity (Wildman–Crippen MR) is 134 cm³/mol. The normalized spacial score (nSPS) is 15.2. The summed E-state index contributed by atoms with van der Waals surface area (Å²) in [7, 11) is -3.62. The number of aromatic nitrogens is 1. The van der Waals surface area contributed by atoms with Gasteiger partial charge in [-0.3, -0.25) is 4.79 Å². The molecule has 15 heteroatoms. The first-order valence-electron chi connectivity index (χ1n) is 12.1. The van der Waals surface area contributed by atoms with Crippen LogP contribution in [0, 0.1) is 0 Å². The minimum absolute atomic E-state index is 0.0156. The Kier molecular flexibility index (Phi) is 7.23. The van der Waals surface area contributed by atoms with Crippen molar-refractivity contribution in [2.45, 2.75) is 67.3 Å². The molecule has 0 radical (unpaired) electrons. The second-order valence-electron chi connectivity index (χ2n) is 10.6. The molecule has 1 heterocycles. The van der Waals surface area contributed by atoms with Gasteiger partial charge >= 0.3 is 18.4 Å². The second-order valence-corrected chi connectivity index (χ2v) is 12.8. The fourth-order valence-electron chi connectivity index (χ4n) is 4.10. The number of hydrogen-bond donors (Lipinski definition) is 2. The standard InChI is InChI=1S/C26H24F6N2O6S/c1-23(2,3)40-22(36)34-13-14-12-18(41(38,39)17-8-9-17)10-11-19(14)20(34)21(35)33-16-6-4-15(5-7-16)24(37,25(27,28)29)26(30,31)32/h4-7,10-13,17,37H,8-9H2,1-3H3,(H,33,35). The van der Waals surface area contributed by atoms with E-state index in [0.717, 1.165) is 16.7 Å². The molecule has 0 aliphatic heterocycles. The smallest absolute Gasteiger partial charge is 0.430 e. The van der Waals surface area contributed by atoms with Gasteiger partial charge in [-0.05, 0) is 57.9 Å². The van der Waals surface area contributed by atoms with Crippen molar-refractivity contribution in [3.05, 3.63) is 59.9 Å². The maximum atomic E-state index is 13.3. The van der Waals surface area contributed by atoms with Crippen LogP contribution in [0.4, 0.5) is 36.8 Å². The van der Waals surface area contributed by atoms with Crippen LogP contribution < -0.4 is 5.32 Å². The minimum Gasteiger partial charge on any atom is -0.443 e. The van der Waals surface area contributed by atoms with Crippen LogP contribution in [-0.4, -0.2) is 53.3 Å². The van der Waals surface area contributed by atoms with Crippen molar-refractivity contribution in [2.75, 3.05) is 5.32 Å². The molecule has 1 saturated carbocycles. The van der Waals surface area contributed by atoms with E-state index in [1.807, 2.05) is 0 Å². The van der Waals surface area contributed by atoms with Crippen LogP contribution >= 0.6 is 0 Å². The van der Waals surface area contributed by atoms with E-state index in [1.54, 1.807) is 20.8 Å². The zero-order valence-electron chi connectivity index (χ0n) is 21.7. The third-order valence-corrected chi connectivity index (χ3v) is 8.53. The number of amides is 1. The highest BCUT2D eigenvalue weighted by molar-refractivity contribution is 7.92. The number of benzene rings is 2. The van der Waals surface area contributed by atoms with Crippen molar-refractivity contribution in [1.82, 2.24) is 4.57 Å². The first-order chi connectivity index (χ1) is 18.7. The number of hydrogen-bond acceptors (Lipinski definition) is 6. The van der Waals surface area contributed by atoms with Gasteiger partial charge in [0.25, 0.3) is 11.5 Å². The lowest BCUT2D eigenvalue weighted by atomic mass is 9.92. The SMILES string of the molecule is CC(C)(C)OC(=O)n1cc2cc(S(=O)(=O)C3CC3)ccc2c1C(=O)Nc1ccc(C(O)(C(F)(F)F)C(F)(F)F)cc1. The summed E-state index contributed by atoms with van der Waals surface area (Å²) < 4.78 is 111. The highest BCUT2D eigenvalue weighted by atomic mass is 32.2. The van der Waals surface area contributed by atoms with E-state index in [4.69, 9.17) is 4.74 Å². The number of halogens is 6. The lowest BCUT2D eigenvalue weighted by Gasteiger charge is -2.32. The topological polar surface area (TPSA) is 115 Å². The Hall–Kier alpha value is -3.59. The number of fused-ring (bicyclic) bond motifs is 1. The number of aliphatic hydroxyl groups is 1. The number of nitrogens with zero attached hydrogens (tertiary/aromatic N) is 1. The zero-order valence-corrected chi connectivity index (χ0v) is 22.5. The third-order valence-electron chi connectivity index (χ3n) is 6.27. The molecule has 0 unspecified atom stereocenters. The molecule has 0 saturated heterocycles. The molecule has 0 atom stereocenters. The highest BCUT2D eigenvalue weighted by Gasteiger charge is 2.71. The lowest BCUT2D eigenvalue weighted by molar-refractivity contribution is -0.376. The summed E-state index contributed by atoms with van der Waals surface area (Å²) in [5, 5.41) is 11.7. The van der Waals surface area contributed by atoms with Gasteiger partial charge < -0.3 is 15.2 Å². The van der Waals surface area contributed by atoms with E-state index in [1.165, 1.54) is 24.4 Å². The van der Waals surface area contributed by atoms with Crippen molar-refractivity contribution >= 4 is 38.3 Å². The summed E-state index contributed by atoms with van der Waals surface area (Å²) in [6.45, 7) is 4.70. The molecule has 3 aromatic rings. The first-order valence-corrected chi connectivity index (χ1v) is 13.6. The number of carbonyl (C=O) groups is 2. The minimum atomic E-state index is -6.09. The van der Waals surface area contributed by atoms with Crippen molar-refractivity contribution < 1.29 is 54.2 Å².